The van der Waals surface area contributed by atoms with Crippen LogP contribution in [0.15, 0.2) is 18.2 Å². The number of ether oxygens (including phenoxy) is 1. The lowest BCUT2D eigenvalue weighted by atomic mass is 10.2. The van der Waals surface area contributed by atoms with E-state index in [0.717, 1.165) is 12.5 Å². The molecule has 1 aromatic carbocycles. The predicted octanol–water partition coefficient (Wildman–Crippen LogP) is 2.19. The van der Waals surface area contributed by atoms with Gasteiger partial charge in [0.2, 0.25) is 15.8 Å². The lowest BCUT2D eigenvalue weighted by molar-refractivity contribution is 0.285. The van der Waals surface area contributed by atoms with Crippen LogP contribution in [0, 0.1) is 11.6 Å². The van der Waals surface area contributed by atoms with Crippen LogP contribution in [0.25, 0.3) is 0 Å². The molecule has 7 heteroatoms. The Kier molecular flexibility index (Phi) is 6.17. The summed E-state index contributed by atoms with van der Waals surface area (Å²) in [6.07, 6.45) is 2.58. The van der Waals surface area contributed by atoms with Crippen molar-refractivity contribution in [1.29, 1.82) is 0 Å². The monoisotopic (exact) mass is 293 g/mol. The normalized spacial score (nSPS) is 11.5. The first-order valence-corrected chi connectivity index (χ1v) is 7.69. The van der Waals surface area contributed by atoms with E-state index in [0.29, 0.717) is 19.3 Å². The third-order valence-corrected chi connectivity index (χ3v) is 3.35. The number of hydrogen-bond acceptors (Lipinski definition) is 3. The van der Waals surface area contributed by atoms with Crippen LogP contribution in [0.5, 0.6) is 5.75 Å². The van der Waals surface area contributed by atoms with Crippen LogP contribution < -0.4 is 9.88 Å². The number of unbranched alkanes of at least 4 members (excludes halogenated alkanes) is 3. The van der Waals surface area contributed by atoms with Crippen molar-refractivity contribution in [3.63, 3.8) is 0 Å². The van der Waals surface area contributed by atoms with Gasteiger partial charge in [0.25, 0.3) is 0 Å². The van der Waals surface area contributed by atoms with Crippen LogP contribution in [0.1, 0.15) is 25.7 Å². The topological polar surface area (TPSA) is 69.4 Å². The number of benzene rings is 1. The van der Waals surface area contributed by atoms with Gasteiger partial charge in [-0.25, -0.2) is 17.9 Å². The van der Waals surface area contributed by atoms with Gasteiger partial charge in [-0.3, -0.25) is 0 Å². The minimum Gasteiger partial charge on any atom is -0.490 e. The maximum Gasteiger partial charge on any atom is 0.209 e. The van der Waals surface area contributed by atoms with Gasteiger partial charge in [-0.1, -0.05) is 18.9 Å². The lowest BCUT2D eigenvalue weighted by Crippen LogP contribution is -2.16. The van der Waals surface area contributed by atoms with Gasteiger partial charge in [0, 0.05) is 0 Å². The molecule has 0 aliphatic carbocycles. The molecule has 0 heterocycles. The van der Waals surface area contributed by atoms with E-state index in [1.807, 2.05) is 0 Å². The van der Waals surface area contributed by atoms with Gasteiger partial charge >= 0.3 is 0 Å². The second kappa shape index (κ2) is 7.40. The molecule has 1 aromatic rings. The zero-order valence-electron chi connectivity index (χ0n) is 10.4. The Labute approximate surface area is 111 Å². The van der Waals surface area contributed by atoms with Gasteiger partial charge < -0.3 is 4.74 Å². The summed E-state index contributed by atoms with van der Waals surface area (Å²) in [5.74, 6) is -2.07. The highest BCUT2D eigenvalue weighted by Gasteiger charge is 2.08. The van der Waals surface area contributed by atoms with Gasteiger partial charge in [-0.2, -0.15) is 4.39 Å². The first kappa shape index (κ1) is 15.8. The van der Waals surface area contributed by atoms with Crippen molar-refractivity contribution >= 4 is 10.0 Å². The van der Waals surface area contributed by atoms with E-state index in [-0.39, 0.29) is 18.1 Å². The van der Waals surface area contributed by atoms with E-state index in [1.54, 1.807) is 0 Å². The maximum absolute atomic E-state index is 13.2. The molecule has 1 rings (SSSR count). The minimum atomic E-state index is -3.39. The van der Waals surface area contributed by atoms with E-state index >= 15 is 0 Å². The summed E-state index contributed by atoms with van der Waals surface area (Å²) < 4.78 is 52.4. The first-order valence-electron chi connectivity index (χ1n) is 5.97. The van der Waals surface area contributed by atoms with Crippen LogP contribution in [-0.2, 0) is 10.0 Å². The number of hydrogen-bond donors (Lipinski definition) is 1. The Morgan fingerprint density at radius 3 is 2.47 bits per heavy atom. The van der Waals surface area contributed by atoms with Gasteiger partial charge in [0.15, 0.2) is 11.6 Å². The third kappa shape index (κ3) is 6.49. The summed E-state index contributed by atoms with van der Waals surface area (Å²) in [7, 11) is -3.39. The van der Waals surface area contributed by atoms with Gasteiger partial charge in [-0.05, 0) is 25.0 Å². The summed E-state index contributed by atoms with van der Waals surface area (Å²) in [6.45, 7) is 0.260. The van der Waals surface area contributed by atoms with Crippen LogP contribution in [0.2, 0.25) is 0 Å². The zero-order valence-corrected chi connectivity index (χ0v) is 11.3. The molecule has 0 radical (unpaired) electrons. The van der Waals surface area contributed by atoms with E-state index in [2.05, 4.69) is 0 Å². The molecule has 0 aliphatic heterocycles. The molecule has 0 fully saturated rings. The molecule has 0 amide bonds. The third-order valence-electron chi connectivity index (χ3n) is 2.50. The standard InChI is InChI=1S/C12H17F2NO3S/c13-10-6-5-7-11(12(10)14)18-8-3-1-2-4-9-19(15,16)17/h5-7H,1-4,8-9H2,(H2,15,16,17). The molecule has 0 aromatic heterocycles. The molecule has 4 nitrogen and oxygen atoms in total. The smallest absolute Gasteiger partial charge is 0.209 e. The lowest BCUT2D eigenvalue weighted by Gasteiger charge is -2.07. The number of primary sulfonamides is 1. The summed E-state index contributed by atoms with van der Waals surface area (Å²) >= 11 is 0. The average Bonchev–Trinajstić information content (AvgIpc) is 2.31. The molecule has 0 saturated heterocycles. The van der Waals surface area contributed by atoms with Crippen LogP contribution in [0.3, 0.4) is 0 Å². The predicted molar refractivity (Wildman–Crippen MR) is 68.3 cm³/mol. The first-order chi connectivity index (χ1) is 8.90. The highest BCUT2D eigenvalue weighted by Crippen LogP contribution is 2.19. The van der Waals surface area contributed by atoms with Crippen molar-refractivity contribution in [2.24, 2.45) is 5.14 Å². The molecule has 108 valence electrons. The highest BCUT2D eigenvalue weighted by atomic mass is 32.2. The van der Waals surface area contributed by atoms with Crippen LogP contribution >= 0.6 is 0 Å². The van der Waals surface area contributed by atoms with Crippen LogP contribution in [0.4, 0.5) is 8.78 Å². The van der Waals surface area contributed by atoms with Gasteiger partial charge in [0.05, 0.1) is 12.4 Å². The van der Waals surface area contributed by atoms with Crippen molar-refractivity contribution in [1.82, 2.24) is 0 Å². The average molecular weight is 293 g/mol. The Morgan fingerprint density at radius 1 is 1.11 bits per heavy atom. The van der Waals surface area contributed by atoms with Crippen molar-refractivity contribution < 1.29 is 21.9 Å². The fraction of sp³-hybridized carbons (Fsp3) is 0.500. The van der Waals surface area contributed by atoms with Crippen molar-refractivity contribution in [2.75, 3.05) is 12.4 Å². The fourth-order valence-corrected chi connectivity index (χ4v) is 2.14. The summed E-state index contributed by atoms with van der Waals surface area (Å²) in [5.41, 5.74) is 0. The summed E-state index contributed by atoms with van der Waals surface area (Å²) in [4.78, 5) is 0. The molecule has 0 saturated carbocycles. The summed E-state index contributed by atoms with van der Waals surface area (Å²) in [6, 6.07) is 3.76. The Hall–Kier alpha value is -1.21. The van der Waals surface area contributed by atoms with Crippen molar-refractivity contribution in [3.8, 4) is 5.75 Å². The van der Waals surface area contributed by atoms with Crippen LogP contribution in [-0.4, -0.2) is 20.8 Å². The Bertz CT molecular complexity index is 506. The van der Waals surface area contributed by atoms with Gasteiger partial charge in [0.1, 0.15) is 0 Å². The molecule has 0 aliphatic rings. The van der Waals surface area contributed by atoms with Gasteiger partial charge in [-0.15, -0.1) is 0 Å². The molecule has 0 spiro atoms. The largest absolute Gasteiger partial charge is 0.490 e. The fourth-order valence-electron chi connectivity index (χ4n) is 1.54. The number of halogens is 2. The SMILES string of the molecule is NS(=O)(=O)CCCCCCOc1cccc(F)c1F. The minimum absolute atomic E-state index is 0.0353. The van der Waals surface area contributed by atoms with Crippen molar-refractivity contribution in [3.05, 3.63) is 29.8 Å². The number of nitrogens with two attached hydrogens (primary N) is 1. The van der Waals surface area contributed by atoms with E-state index in [1.165, 1.54) is 12.1 Å². The number of rotatable bonds is 8. The molecular weight excluding hydrogens is 276 g/mol. The Morgan fingerprint density at radius 2 is 1.79 bits per heavy atom. The molecule has 2 N–H and O–H groups in total. The quantitative estimate of drug-likeness (QED) is 0.747. The van der Waals surface area contributed by atoms with Crippen molar-refractivity contribution in [2.45, 2.75) is 25.7 Å². The maximum atomic E-state index is 13.2. The molecule has 19 heavy (non-hydrogen) atoms. The molecular formula is C12H17F2NO3S. The van der Waals surface area contributed by atoms with E-state index < -0.39 is 21.7 Å². The number of sulfonamides is 1. The highest BCUT2D eigenvalue weighted by molar-refractivity contribution is 7.89. The summed E-state index contributed by atoms with van der Waals surface area (Å²) in [5, 5.41) is 4.85. The second-order valence-corrected chi connectivity index (χ2v) is 5.92. The molecule has 0 atom stereocenters. The zero-order chi connectivity index (χ0) is 14.3. The van der Waals surface area contributed by atoms with E-state index in [9.17, 15) is 17.2 Å². The van der Waals surface area contributed by atoms with E-state index in [4.69, 9.17) is 9.88 Å². The molecule has 0 bridgehead atoms. The second-order valence-electron chi connectivity index (χ2n) is 4.18. The molecule has 0 unspecified atom stereocenters. The Balaban J connectivity index is 2.16.